The van der Waals surface area contributed by atoms with Crippen LogP contribution in [0.25, 0.3) is 0 Å². The highest BCUT2D eigenvalue weighted by Gasteiger charge is 2.41. The van der Waals surface area contributed by atoms with Crippen molar-refractivity contribution in [1.29, 1.82) is 0 Å². The summed E-state index contributed by atoms with van der Waals surface area (Å²) in [6.07, 6.45) is 0. The summed E-state index contributed by atoms with van der Waals surface area (Å²) in [5.74, 6) is 0. The molecule has 1 aliphatic rings. The Morgan fingerprint density at radius 2 is 1.10 bits per heavy atom. The molecule has 1 aliphatic heterocycles. The van der Waals surface area contributed by atoms with E-state index in [1.807, 2.05) is 0 Å². The number of ether oxygens (including phenoxy) is 2. The molecule has 60 valence electrons. The molecule has 0 bridgehead atoms. The first-order chi connectivity index (χ1) is 4.46. The summed E-state index contributed by atoms with van der Waals surface area (Å²) in [5, 5.41) is 0. The summed E-state index contributed by atoms with van der Waals surface area (Å²) >= 11 is 0. The molecule has 0 aromatic rings. The number of hydrogen-bond acceptors (Lipinski definition) is 2. The quantitative estimate of drug-likeness (QED) is 0.514. The summed E-state index contributed by atoms with van der Waals surface area (Å²) in [5.41, 5.74) is -0.295. The second-order valence-electron chi connectivity index (χ2n) is 3.72. The van der Waals surface area contributed by atoms with Gasteiger partial charge in [-0.15, -0.1) is 0 Å². The highest BCUT2D eigenvalue weighted by molar-refractivity contribution is 4.91. The predicted molar refractivity (Wildman–Crippen MR) is 40.1 cm³/mol. The Labute approximate surface area is 62.5 Å². The maximum Gasteiger partial charge on any atom is 0.0910 e. The molecule has 10 heavy (non-hydrogen) atoms. The molecule has 0 atom stereocenters. The van der Waals surface area contributed by atoms with Gasteiger partial charge in [0.15, 0.2) is 0 Å². The van der Waals surface area contributed by atoms with E-state index in [0.717, 1.165) is 13.2 Å². The van der Waals surface area contributed by atoms with Crippen molar-refractivity contribution < 1.29 is 9.47 Å². The van der Waals surface area contributed by atoms with E-state index in [1.54, 1.807) is 0 Å². The molecule has 1 heterocycles. The Morgan fingerprint density at radius 1 is 0.800 bits per heavy atom. The highest BCUT2D eigenvalue weighted by Crippen LogP contribution is 2.31. The summed E-state index contributed by atoms with van der Waals surface area (Å²) in [6, 6.07) is 0. The monoisotopic (exact) mass is 144 g/mol. The molecule has 0 aliphatic carbocycles. The lowest BCUT2D eigenvalue weighted by molar-refractivity contribution is -0.230. The van der Waals surface area contributed by atoms with Gasteiger partial charge in [-0.25, -0.2) is 0 Å². The molecule has 2 heteroatoms. The van der Waals surface area contributed by atoms with E-state index in [-0.39, 0.29) is 11.2 Å². The first-order valence-corrected chi connectivity index (χ1v) is 3.74. The van der Waals surface area contributed by atoms with E-state index < -0.39 is 0 Å². The maximum absolute atomic E-state index is 5.56. The molecule has 1 fully saturated rings. The Balaban J connectivity index is 2.70. The predicted octanol–water partition coefficient (Wildman–Crippen LogP) is 1.59. The lowest BCUT2D eigenvalue weighted by Crippen LogP contribution is -2.53. The average Bonchev–Trinajstić information content (AvgIpc) is 1.77. The molecule has 0 amide bonds. The van der Waals surface area contributed by atoms with Crippen LogP contribution in [0.2, 0.25) is 0 Å². The van der Waals surface area contributed by atoms with Gasteiger partial charge >= 0.3 is 0 Å². The van der Waals surface area contributed by atoms with Crippen LogP contribution in [0.4, 0.5) is 0 Å². The largest absolute Gasteiger partial charge is 0.370 e. The Morgan fingerprint density at radius 3 is 1.30 bits per heavy atom. The molecule has 0 aromatic carbocycles. The van der Waals surface area contributed by atoms with E-state index in [1.165, 1.54) is 0 Å². The topological polar surface area (TPSA) is 18.5 Å². The zero-order valence-corrected chi connectivity index (χ0v) is 7.23. The van der Waals surface area contributed by atoms with Crippen LogP contribution < -0.4 is 0 Å². The van der Waals surface area contributed by atoms with E-state index in [0.29, 0.717) is 0 Å². The molecular formula is C8H16O2. The zero-order chi connectivity index (χ0) is 7.83. The summed E-state index contributed by atoms with van der Waals surface area (Å²) < 4.78 is 11.1. The van der Waals surface area contributed by atoms with Gasteiger partial charge in [-0.1, -0.05) is 0 Å². The van der Waals surface area contributed by atoms with Gasteiger partial charge in [0.05, 0.1) is 24.4 Å². The standard InChI is InChI=1S/C8H16O2/c1-7(2)8(3,4)10-6-5-9-7/h5-6H2,1-4H3. The molecule has 0 N–H and O–H groups in total. The minimum Gasteiger partial charge on any atom is -0.370 e. The molecule has 2 nitrogen and oxygen atoms in total. The van der Waals surface area contributed by atoms with Gasteiger partial charge in [0.2, 0.25) is 0 Å². The van der Waals surface area contributed by atoms with Crippen LogP contribution in [0, 0.1) is 0 Å². The third kappa shape index (κ3) is 1.18. The maximum atomic E-state index is 5.56. The van der Waals surface area contributed by atoms with Gasteiger partial charge in [-0.3, -0.25) is 0 Å². The van der Waals surface area contributed by atoms with Crippen LogP contribution >= 0.6 is 0 Å². The Hall–Kier alpha value is -0.0800. The number of rotatable bonds is 0. The van der Waals surface area contributed by atoms with Crippen molar-refractivity contribution >= 4 is 0 Å². The fourth-order valence-electron chi connectivity index (χ4n) is 0.941. The third-order valence-electron chi connectivity index (χ3n) is 2.46. The summed E-state index contributed by atoms with van der Waals surface area (Å²) in [6.45, 7) is 9.68. The Bertz CT molecular complexity index is 111. The van der Waals surface area contributed by atoms with Crippen LogP contribution in [0.15, 0.2) is 0 Å². The molecule has 0 radical (unpaired) electrons. The summed E-state index contributed by atoms with van der Waals surface area (Å²) in [4.78, 5) is 0. The van der Waals surface area contributed by atoms with E-state index in [9.17, 15) is 0 Å². The van der Waals surface area contributed by atoms with Crippen molar-refractivity contribution in [1.82, 2.24) is 0 Å². The lowest BCUT2D eigenvalue weighted by Gasteiger charge is -2.44. The number of hydrogen-bond donors (Lipinski definition) is 0. The molecule has 1 rings (SSSR count). The first kappa shape index (κ1) is 8.02. The SMILES string of the molecule is CC1(C)OCCOC1(C)C. The van der Waals surface area contributed by atoms with Crippen molar-refractivity contribution in [3.63, 3.8) is 0 Å². The second kappa shape index (κ2) is 2.21. The van der Waals surface area contributed by atoms with Crippen molar-refractivity contribution in [2.45, 2.75) is 38.9 Å². The van der Waals surface area contributed by atoms with Crippen LogP contribution in [-0.2, 0) is 9.47 Å². The lowest BCUT2D eigenvalue weighted by atomic mass is 9.88. The minimum atomic E-state index is -0.148. The van der Waals surface area contributed by atoms with Crippen molar-refractivity contribution in [3.8, 4) is 0 Å². The molecule has 0 spiro atoms. The van der Waals surface area contributed by atoms with Gasteiger partial charge < -0.3 is 9.47 Å². The van der Waals surface area contributed by atoms with E-state index >= 15 is 0 Å². The van der Waals surface area contributed by atoms with Crippen LogP contribution in [0.5, 0.6) is 0 Å². The fraction of sp³-hybridized carbons (Fsp3) is 1.00. The van der Waals surface area contributed by atoms with Crippen LogP contribution in [-0.4, -0.2) is 24.4 Å². The minimum absolute atomic E-state index is 0.148. The molecule has 0 unspecified atom stereocenters. The molecule has 1 saturated heterocycles. The van der Waals surface area contributed by atoms with E-state index in [2.05, 4.69) is 27.7 Å². The van der Waals surface area contributed by atoms with Gasteiger partial charge in [0.1, 0.15) is 0 Å². The van der Waals surface area contributed by atoms with Crippen molar-refractivity contribution in [3.05, 3.63) is 0 Å². The van der Waals surface area contributed by atoms with Gasteiger partial charge in [0.25, 0.3) is 0 Å². The second-order valence-corrected chi connectivity index (χ2v) is 3.72. The van der Waals surface area contributed by atoms with Crippen LogP contribution in [0.1, 0.15) is 27.7 Å². The fourth-order valence-corrected chi connectivity index (χ4v) is 0.941. The van der Waals surface area contributed by atoms with Gasteiger partial charge in [-0.2, -0.15) is 0 Å². The van der Waals surface area contributed by atoms with Crippen LogP contribution in [0.3, 0.4) is 0 Å². The smallest absolute Gasteiger partial charge is 0.0910 e. The summed E-state index contributed by atoms with van der Waals surface area (Å²) in [7, 11) is 0. The highest BCUT2D eigenvalue weighted by atomic mass is 16.6. The first-order valence-electron chi connectivity index (χ1n) is 3.74. The molecule has 0 saturated carbocycles. The van der Waals surface area contributed by atoms with Crippen molar-refractivity contribution in [2.75, 3.05) is 13.2 Å². The van der Waals surface area contributed by atoms with Crippen molar-refractivity contribution in [2.24, 2.45) is 0 Å². The van der Waals surface area contributed by atoms with Gasteiger partial charge in [-0.05, 0) is 27.7 Å². The Kier molecular flexibility index (Phi) is 1.77. The zero-order valence-electron chi connectivity index (χ0n) is 7.23. The molecular weight excluding hydrogens is 128 g/mol. The normalized spacial score (nSPS) is 30.0. The van der Waals surface area contributed by atoms with E-state index in [4.69, 9.17) is 9.47 Å². The average molecular weight is 144 g/mol. The third-order valence-corrected chi connectivity index (χ3v) is 2.46. The molecule has 0 aromatic heterocycles. The van der Waals surface area contributed by atoms with Gasteiger partial charge in [0, 0.05) is 0 Å².